The van der Waals surface area contributed by atoms with Gasteiger partial charge in [0.25, 0.3) is 0 Å². The van der Waals surface area contributed by atoms with Crippen molar-refractivity contribution in [3.05, 3.63) is 29.8 Å². The van der Waals surface area contributed by atoms with Crippen LogP contribution in [0, 0.1) is 0 Å². The smallest absolute Gasteiger partial charge is 0.379 e. The normalized spacial score (nSPS) is 16.8. The SMILES string of the molecule is O=C(NCCc1ccc(S(=O)(=O)N2CCOCC2)cc1)C(F)(F)F. The topological polar surface area (TPSA) is 75.7 Å². The Morgan fingerprint density at radius 3 is 2.29 bits per heavy atom. The number of morpholine rings is 1. The van der Waals surface area contributed by atoms with Gasteiger partial charge in [0.2, 0.25) is 10.0 Å². The summed E-state index contributed by atoms with van der Waals surface area (Å²) < 4.78 is 67.4. The standard InChI is InChI=1S/C14H17F3N2O4S/c15-14(16,17)13(20)18-6-5-11-1-3-12(4-2-11)24(21,22)19-7-9-23-10-8-19/h1-4H,5-10H2,(H,18,20). The Balaban J connectivity index is 1.94. The number of rotatable bonds is 5. The van der Waals surface area contributed by atoms with Gasteiger partial charge < -0.3 is 10.1 Å². The first-order chi connectivity index (χ1) is 11.2. The van der Waals surface area contributed by atoms with Crippen molar-refractivity contribution < 1.29 is 31.1 Å². The molecule has 0 aromatic heterocycles. The number of amides is 1. The number of hydrogen-bond acceptors (Lipinski definition) is 4. The zero-order valence-electron chi connectivity index (χ0n) is 12.7. The van der Waals surface area contributed by atoms with Gasteiger partial charge in [-0.25, -0.2) is 8.42 Å². The molecular formula is C14H17F3N2O4S. The molecule has 24 heavy (non-hydrogen) atoms. The number of nitrogens with zero attached hydrogens (tertiary/aromatic N) is 1. The Labute approximate surface area is 137 Å². The van der Waals surface area contributed by atoms with E-state index in [9.17, 15) is 26.4 Å². The van der Waals surface area contributed by atoms with Crippen LogP contribution in [-0.4, -0.2) is 57.7 Å². The van der Waals surface area contributed by atoms with Gasteiger partial charge in [-0.1, -0.05) is 12.1 Å². The van der Waals surface area contributed by atoms with E-state index in [2.05, 4.69) is 0 Å². The van der Waals surface area contributed by atoms with Gasteiger partial charge in [-0.2, -0.15) is 17.5 Å². The first-order valence-corrected chi connectivity index (χ1v) is 8.67. The molecule has 1 N–H and O–H groups in total. The molecule has 0 bridgehead atoms. The molecule has 2 rings (SSSR count). The van der Waals surface area contributed by atoms with Gasteiger partial charge in [-0.15, -0.1) is 0 Å². The summed E-state index contributed by atoms with van der Waals surface area (Å²) in [7, 11) is -3.60. The minimum atomic E-state index is -4.91. The molecule has 0 atom stereocenters. The molecule has 0 aliphatic carbocycles. The average molecular weight is 366 g/mol. The maximum Gasteiger partial charge on any atom is 0.471 e. The lowest BCUT2D eigenvalue weighted by Gasteiger charge is -2.26. The molecule has 10 heteroatoms. The van der Waals surface area contributed by atoms with Crippen LogP contribution < -0.4 is 5.32 Å². The monoisotopic (exact) mass is 366 g/mol. The van der Waals surface area contributed by atoms with Crippen LogP contribution in [0.15, 0.2) is 29.2 Å². The van der Waals surface area contributed by atoms with E-state index in [1.807, 2.05) is 0 Å². The number of carbonyl (C=O) groups excluding carboxylic acids is 1. The molecule has 1 amide bonds. The third-order valence-corrected chi connectivity index (χ3v) is 5.40. The fraction of sp³-hybridized carbons (Fsp3) is 0.500. The van der Waals surface area contributed by atoms with E-state index in [0.29, 0.717) is 18.8 Å². The predicted octanol–water partition coefficient (Wildman–Crippen LogP) is 0.929. The van der Waals surface area contributed by atoms with Crippen LogP contribution in [0.2, 0.25) is 0 Å². The maximum absolute atomic E-state index is 12.4. The molecule has 134 valence electrons. The molecule has 0 radical (unpaired) electrons. The van der Waals surface area contributed by atoms with Crippen molar-refractivity contribution in [1.29, 1.82) is 0 Å². The van der Waals surface area contributed by atoms with Crippen molar-refractivity contribution in [2.75, 3.05) is 32.8 Å². The quantitative estimate of drug-likeness (QED) is 0.841. The minimum Gasteiger partial charge on any atom is -0.379 e. The lowest BCUT2D eigenvalue weighted by atomic mass is 10.1. The van der Waals surface area contributed by atoms with Crippen LogP contribution in [0.3, 0.4) is 0 Å². The number of benzene rings is 1. The highest BCUT2D eigenvalue weighted by Gasteiger charge is 2.38. The predicted molar refractivity (Wildman–Crippen MR) is 78.8 cm³/mol. The molecule has 1 saturated heterocycles. The molecule has 6 nitrogen and oxygen atoms in total. The second-order valence-corrected chi connectivity index (χ2v) is 7.10. The fourth-order valence-electron chi connectivity index (χ4n) is 2.18. The van der Waals surface area contributed by atoms with E-state index >= 15 is 0 Å². The second kappa shape index (κ2) is 7.49. The lowest BCUT2D eigenvalue weighted by Crippen LogP contribution is -2.40. The molecule has 1 aliphatic rings. The van der Waals surface area contributed by atoms with Crippen LogP contribution in [-0.2, 0) is 26.0 Å². The molecule has 0 spiro atoms. The third kappa shape index (κ3) is 4.68. The highest BCUT2D eigenvalue weighted by atomic mass is 32.2. The summed E-state index contributed by atoms with van der Waals surface area (Å²) in [5, 5.41) is 1.76. The molecule has 1 aromatic rings. The summed E-state index contributed by atoms with van der Waals surface area (Å²) in [6.07, 6.45) is -4.74. The number of alkyl halides is 3. The van der Waals surface area contributed by atoms with Gasteiger partial charge in [0.05, 0.1) is 18.1 Å². The Morgan fingerprint density at radius 2 is 1.75 bits per heavy atom. The summed E-state index contributed by atoms with van der Waals surface area (Å²) in [5.74, 6) is -1.99. The summed E-state index contributed by atoms with van der Waals surface area (Å²) in [5.41, 5.74) is 0.624. The van der Waals surface area contributed by atoms with Gasteiger partial charge >= 0.3 is 12.1 Å². The molecule has 1 heterocycles. The molecule has 1 fully saturated rings. The van der Waals surface area contributed by atoms with Gasteiger partial charge in [0.1, 0.15) is 0 Å². The number of nitrogens with one attached hydrogen (secondary N) is 1. The van der Waals surface area contributed by atoms with Crippen LogP contribution in [0.4, 0.5) is 13.2 Å². The summed E-state index contributed by atoms with van der Waals surface area (Å²) in [6, 6.07) is 5.86. The highest BCUT2D eigenvalue weighted by molar-refractivity contribution is 7.89. The molecule has 1 aromatic carbocycles. The van der Waals surface area contributed by atoms with Crippen molar-refractivity contribution >= 4 is 15.9 Å². The first-order valence-electron chi connectivity index (χ1n) is 7.23. The van der Waals surface area contributed by atoms with Gasteiger partial charge in [-0.3, -0.25) is 4.79 Å². The second-order valence-electron chi connectivity index (χ2n) is 5.16. The van der Waals surface area contributed by atoms with Crippen molar-refractivity contribution in [1.82, 2.24) is 9.62 Å². The number of ether oxygens (including phenoxy) is 1. The Bertz CT molecular complexity index is 668. The van der Waals surface area contributed by atoms with Gasteiger partial charge in [0, 0.05) is 19.6 Å². The highest BCUT2D eigenvalue weighted by Crippen LogP contribution is 2.18. The molecular weight excluding hydrogens is 349 g/mol. The Morgan fingerprint density at radius 1 is 1.17 bits per heavy atom. The van der Waals surface area contributed by atoms with Crippen molar-refractivity contribution in [2.24, 2.45) is 0 Å². The number of halogens is 3. The van der Waals surface area contributed by atoms with Crippen LogP contribution in [0.5, 0.6) is 0 Å². The fourth-order valence-corrected chi connectivity index (χ4v) is 3.59. The van der Waals surface area contributed by atoms with Crippen molar-refractivity contribution in [3.8, 4) is 0 Å². The Hall–Kier alpha value is -1.65. The Kier molecular flexibility index (Phi) is 5.83. The maximum atomic E-state index is 12.4. The first kappa shape index (κ1) is 18.7. The number of carbonyl (C=O) groups is 1. The summed E-state index contributed by atoms with van der Waals surface area (Å²) >= 11 is 0. The van der Waals surface area contributed by atoms with Crippen LogP contribution in [0.25, 0.3) is 0 Å². The van der Waals surface area contributed by atoms with Crippen molar-refractivity contribution in [3.63, 3.8) is 0 Å². The summed E-state index contributed by atoms with van der Waals surface area (Å²) in [4.78, 5) is 10.8. The van der Waals surface area contributed by atoms with E-state index in [1.54, 1.807) is 5.32 Å². The number of hydrogen-bond donors (Lipinski definition) is 1. The average Bonchev–Trinajstić information content (AvgIpc) is 2.55. The molecule has 1 aliphatic heterocycles. The lowest BCUT2D eigenvalue weighted by molar-refractivity contribution is -0.173. The van der Waals surface area contributed by atoms with Gasteiger partial charge in [-0.05, 0) is 24.1 Å². The van der Waals surface area contributed by atoms with Crippen LogP contribution >= 0.6 is 0 Å². The minimum absolute atomic E-state index is 0.118. The molecule has 0 unspecified atom stereocenters. The molecule has 0 saturated carbocycles. The zero-order valence-corrected chi connectivity index (χ0v) is 13.5. The van der Waals surface area contributed by atoms with Gasteiger partial charge in [0.15, 0.2) is 0 Å². The van der Waals surface area contributed by atoms with E-state index in [4.69, 9.17) is 4.74 Å². The van der Waals surface area contributed by atoms with Crippen LogP contribution in [0.1, 0.15) is 5.56 Å². The third-order valence-electron chi connectivity index (χ3n) is 3.49. The zero-order chi connectivity index (χ0) is 17.8. The van der Waals surface area contributed by atoms with E-state index in [-0.39, 0.29) is 31.0 Å². The van der Waals surface area contributed by atoms with Crippen molar-refractivity contribution in [2.45, 2.75) is 17.5 Å². The van der Waals surface area contributed by atoms with E-state index < -0.39 is 22.1 Å². The number of sulfonamides is 1. The largest absolute Gasteiger partial charge is 0.471 e. The summed E-state index contributed by atoms with van der Waals surface area (Å²) in [6.45, 7) is 1.07. The van der Waals surface area contributed by atoms with E-state index in [1.165, 1.54) is 28.6 Å². The van der Waals surface area contributed by atoms with E-state index in [0.717, 1.165) is 0 Å².